The van der Waals surface area contributed by atoms with Crippen LogP contribution in [0, 0.1) is 5.92 Å². The Morgan fingerprint density at radius 2 is 1.88 bits per heavy atom. The van der Waals surface area contributed by atoms with Crippen molar-refractivity contribution < 1.29 is 41.0 Å². The number of sulfonamides is 1. The number of alkyl halides is 3. The van der Waals surface area contributed by atoms with Crippen LogP contribution < -0.4 is 4.72 Å². The van der Waals surface area contributed by atoms with Gasteiger partial charge in [-0.2, -0.15) is 17.9 Å². The summed E-state index contributed by atoms with van der Waals surface area (Å²) in [5.41, 5.74) is -1.94. The molecule has 0 spiro atoms. The molecule has 1 aromatic rings. The monoisotopic (exact) mass is 397 g/mol. The van der Waals surface area contributed by atoms with E-state index in [1.54, 1.807) is 6.92 Å². The number of aliphatic carboxylic acids is 1. The molecule has 0 amide bonds. The molecule has 0 saturated heterocycles. The Morgan fingerprint density at radius 3 is 2.31 bits per heavy atom. The molecule has 2 N–H and O–H groups in total. The van der Waals surface area contributed by atoms with Crippen LogP contribution >= 0.6 is 0 Å². The number of methoxy groups -OCH3 is 1. The van der Waals surface area contributed by atoms with Gasteiger partial charge >= 0.3 is 18.1 Å². The van der Waals surface area contributed by atoms with E-state index in [9.17, 15) is 36.3 Å². The highest BCUT2D eigenvalue weighted by Crippen LogP contribution is 2.32. The molecule has 11 heteroatoms. The maximum absolute atomic E-state index is 12.9. The van der Waals surface area contributed by atoms with Crippen LogP contribution in [0.2, 0.25) is 0 Å². The summed E-state index contributed by atoms with van der Waals surface area (Å²) >= 11 is 0. The fourth-order valence-electron chi connectivity index (χ4n) is 2.08. The van der Waals surface area contributed by atoms with Gasteiger partial charge in [0.1, 0.15) is 6.04 Å². The average Bonchev–Trinajstić information content (AvgIpc) is 2.56. The molecule has 0 fully saturated rings. The number of carboxylic acids is 1. The number of ether oxygens (including phenoxy) is 1. The minimum atomic E-state index is -4.86. The van der Waals surface area contributed by atoms with E-state index >= 15 is 0 Å². The summed E-state index contributed by atoms with van der Waals surface area (Å²) in [5.74, 6) is -3.31. The number of hydrogen-bond donors (Lipinski definition) is 2. The minimum Gasteiger partial charge on any atom is -0.480 e. The molecule has 26 heavy (non-hydrogen) atoms. The number of carbonyl (C=O) groups is 2. The van der Waals surface area contributed by atoms with Crippen molar-refractivity contribution in [2.24, 2.45) is 5.92 Å². The first-order chi connectivity index (χ1) is 11.8. The van der Waals surface area contributed by atoms with E-state index in [4.69, 9.17) is 0 Å². The maximum atomic E-state index is 12.9. The highest BCUT2D eigenvalue weighted by atomic mass is 32.2. The molecular formula is C15H18F3NO6S. The molecule has 0 saturated carbocycles. The first-order valence-corrected chi connectivity index (χ1v) is 8.88. The van der Waals surface area contributed by atoms with Gasteiger partial charge < -0.3 is 9.84 Å². The molecule has 0 aromatic heterocycles. The first kappa shape index (κ1) is 21.9. The molecule has 2 atom stereocenters. The molecule has 0 radical (unpaired) electrons. The van der Waals surface area contributed by atoms with E-state index < -0.39 is 56.1 Å². The van der Waals surface area contributed by atoms with Gasteiger partial charge in [0.15, 0.2) is 0 Å². The molecular weight excluding hydrogens is 379 g/mol. The Hall–Kier alpha value is -2.14. The number of carboxylic acid groups (broad SMARTS) is 1. The summed E-state index contributed by atoms with van der Waals surface area (Å²) in [5, 5.41) is 9.19. The number of esters is 1. The normalized spacial score (nSPS) is 14.5. The smallest absolute Gasteiger partial charge is 0.416 e. The summed E-state index contributed by atoms with van der Waals surface area (Å²) in [4.78, 5) is 22.0. The predicted octanol–water partition coefficient (Wildman–Crippen LogP) is 2.27. The van der Waals surface area contributed by atoms with Crippen LogP contribution in [-0.4, -0.2) is 38.6 Å². The third kappa shape index (κ3) is 4.94. The van der Waals surface area contributed by atoms with Crippen molar-refractivity contribution >= 4 is 22.0 Å². The summed E-state index contributed by atoms with van der Waals surface area (Å²) in [6, 6.07) is -0.105. The van der Waals surface area contributed by atoms with E-state index in [1.807, 2.05) is 4.72 Å². The summed E-state index contributed by atoms with van der Waals surface area (Å²) in [7, 11) is -3.83. The lowest BCUT2D eigenvalue weighted by atomic mass is 10.0. The number of nitrogens with one attached hydrogen (secondary N) is 1. The van der Waals surface area contributed by atoms with Gasteiger partial charge in [-0.05, 0) is 24.1 Å². The van der Waals surface area contributed by atoms with Crippen molar-refractivity contribution in [3.05, 3.63) is 29.3 Å². The van der Waals surface area contributed by atoms with Crippen LogP contribution in [0.3, 0.4) is 0 Å². The SMILES string of the molecule is CC[C@H](C)[C@H](NS(=O)(=O)c1cc(C(F)(F)F)ccc1C(=O)OC)C(=O)O. The number of hydrogen-bond acceptors (Lipinski definition) is 5. The van der Waals surface area contributed by atoms with Crippen molar-refractivity contribution in [3.8, 4) is 0 Å². The fraction of sp³-hybridized carbons (Fsp3) is 0.467. The molecule has 0 heterocycles. The highest BCUT2D eigenvalue weighted by Gasteiger charge is 2.36. The maximum Gasteiger partial charge on any atom is 0.416 e. The van der Waals surface area contributed by atoms with Gasteiger partial charge in [-0.1, -0.05) is 20.3 Å². The van der Waals surface area contributed by atoms with Gasteiger partial charge in [-0.3, -0.25) is 4.79 Å². The first-order valence-electron chi connectivity index (χ1n) is 7.39. The molecule has 0 aliphatic rings. The van der Waals surface area contributed by atoms with Crippen molar-refractivity contribution in [3.63, 3.8) is 0 Å². The number of halogens is 3. The zero-order chi connectivity index (χ0) is 20.3. The van der Waals surface area contributed by atoms with Crippen molar-refractivity contribution in [2.75, 3.05) is 7.11 Å². The second-order valence-electron chi connectivity index (χ2n) is 5.52. The largest absolute Gasteiger partial charge is 0.480 e. The zero-order valence-electron chi connectivity index (χ0n) is 14.1. The number of benzene rings is 1. The summed E-state index contributed by atoms with van der Waals surface area (Å²) in [6.45, 7) is 3.09. The summed E-state index contributed by atoms with van der Waals surface area (Å²) < 4.78 is 70.1. The van der Waals surface area contributed by atoms with Crippen molar-refractivity contribution in [1.29, 1.82) is 0 Å². The minimum absolute atomic E-state index is 0.268. The topological polar surface area (TPSA) is 110 Å². The van der Waals surface area contributed by atoms with Crippen LogP contribution in [0.15, 0.2) is 23.1 Å². The van der Waals surface area contributed by atoms with Crippen molar-refractivity contribution in [2.45, 2.75) is 37.4 Å². The Bertz CT molecular complexity index is 791. The molecule has 0 aliphatic carbocycles. The van der Waals surface area contributed by atoms with E-state index in [-0.39, 0.29) is 6.07 Å². The number of rotatable bonds is 7. The third-order valence-corrected chi connectivity index (χ3v) is 5.25. The number of carbonyl (C=O) groups excluding carboxylic acids is 1. The molecule has 0 aliphatic heterocycles. The third-order valence-electron chi connectivity index (χ3n) is 3.76. The Kier molecular flexibility index (Phi) is 6.77. The van der Waals surface area contributed by atoms with Crippen LogP contribution in [-0.2, 0) is 25.7 Å². The lowest BCUT2D eigenvalue weighted by Gasteiger charge is -2.21. The quantitative estimate of drug-likeness (QED) is 0.683. The fourth-order valence-corrected chi connectivity index (χ4v) is 3.59. The van der Waals surface area contributed by atoms with Gasteiger partial charge in [0.25, 0.3) is 0 Å². The summed E-state index contributed by atoms with van der Waals surface area (Å²) in [6.07, 6.45) is -4.56. The standard InChI is InChI=1S/C15H18F3NO6S/c1-4-8(2)12(13(20)21)19-26(23,24)11-7-9(15(16,17)18)5-6-10(11)14(22)25-3/h5-8,12,19H,4H2,1-3H3,(H,20,21)/t8-,12-/m0/s1. The second kappa shape index (κ2) is 8.04. The molecule has 0 unspecified atom stereocenters. The lowest BCUT2D eigenvalue weighted by molar-refractivity contribution is -0.140. The highest BCUT2D eigenvalue weighted by molar-refractivity contribution is 7.89. The van der Waals surface area contributed by atoms with Gasteiger partial charge in [-0.25, -0.2) is 13.2 Å². The Morgan fingerprint density at radius 1 is 1.31 bits per heavy atom. The lowest BCUT2D eigenvalue weighted by Crippen LogP contribution is -2.45. The van der Waals surface area contributed by atoms with Gasteiger partial charge in [-0.15, -0.1) is 0 Å². The van der Waals surface area contributed by atoms with Crippen molar-refractivity contribution in [1.82, 2.24) is 4.72 Å². The van der Waals surface area contributed by atoms with Gasteiger partial charge in [0.2, 0.25) is 10.0 Å². The van der Waals surface area contributed by atoms with Crippen LogP contribution in [0.4, 0.5) is 13.2 Å². The molecule has 7 nitrogen and oxygen atoms in total. The van der Waals surface area contributed by atoms with Gasteiger partial charge in [0, 0.05) is 0 Å². The molecule has 0 bridgehead atoms. The van der Waals surface area contributed by atoms with Crippen LogP contribution in [0.5, 0.6) is 0 Å². The molecule has 1 rings (SSSR count). The Balaban J connectivity index is 3.53. The Labute approximate surface area is 148 Å². The van der Waals surface area contributed by atoms with E-state index in [0.717, 1.165) is 7.11 Å². The van der Waals surface area contributed by atoms with E-state index in [2.05, 4.69) is 4.74 Å². The molecule has 146 valence electrons. The zero-order valence-corrected chi connectivity index (χ0v) is 14.9. The van der Waals surface area contributed by atoms with Crippen LogP contribution in [0.1, 0.15) is 36.2 Å². The van der Waals surface area contributed by atoms with Gasteiger partial charge in [0.05, 0.1) is 23.1 Å². The molecule has 1 aromatic carbocycles. The predicted molar refractivity (Wildman–Crippen MR) is 84.0 cm³/mol. The van der Waals surface area contributed by atoms with Crippen LogP contribution in [0.25, 0.3) is 0 Å². The van der Waals surface area contributed by atoms with E-state index in [1.165, 1.54) is 6.92 Å². The van der Waals surface area contributed by atoms with E-state index in [0.29, 0.717) is 18.6 Å². The second-order valence-corrected chi connectivity index (χ2v) is 7.21. The average molecular weight is 397 g/mol.